The second kappa shape index (κ2) is 6.91. The van der Waals surface area contributed by atoms with Crippen LogP contribution in [-0.2, 0) is 11.4 Å². The van der Waals surface area contributed by atoms with Crippen LogP contribution in [0, 0.1) is 0 Å². The molecule has 0 aliphatic heterocycles. The molecule has 94 valence electrons. The van der Waals surface area contributed by atoms with Crippen molar-refractivity contribution in [2.24, 2.45) is 0 Å². The van der Waals surface area contributed by atoms with Gasteiger partial charge in [-0.2, -0.15) is 5.48 Å². The van der Waals surface area contributed by atoms with Crippen molar-refractivity contribution in [3.8, 4) is 0 Å². The zero-order chi connectivity index (χ0) is 12.6. The van der Waals surface area contributed by atoms with E-state index in [9.17, 15) is 5.11 Å². The standard InChI is InChI=1S/C15H17NO2/c17-15(14-9-5-2-6-10-14)11-16-18-12-13-7-3-1-4-8-13/h1-10,15-17H,11-12H2. The first-order chi connectivity index (χ1) is 8.86. The average molecular weight is 243 g/mol. The average Bonchev–Trinajstić information content (AvgIpc) is 2.45. The van der Waals surface area contributed by atoms with Crippen LogP contribution in [0.4, 0.5) is 0 Å². The highest BCUT2D eigenvalue weighted by Gasteiger charge is 2.05. The SMILES string of the molecule is OC(CNOCc1ccccc1)c1ccccc1. The molecule has 3 nitrogen and oxygen atoms in total. The molecular weight excluding hydrogens is 226 g/mol. The summed E-state index contributed by atoms with van der Waals surface area (Å²) in [5, 5.41) is 9.88. The van der Waals surface area contributed by atoms with Gasteiger partial charge in [0.15, 0.2) is 0 Å². The van der Waals surface area contributed by atoms with Gasteiger partial charge in [0.2, 0.25) is 0 Å². The molecule has 0 aliphatic carbocycles. The van der Waals surface area contributed by atoms with Crippen molar-refractivity contribution in [3.63, 3.8) is 0 Å². The first-order valence-corrected chi connectivity index (χ1v) is 5.98. The predicted molar refractivity (Wildman–Crippen MR) is 70.6 cm³/mol. The molecule has 1 unspecified atom stereocenters. The minimum atomic E-state index is -0.554. The van der Waals surface area contributed by atoms with Crippen molar-refractivity contribution in [1.29, 1.82) is 0 Å². The maximum absolute atomic E-state index is 9.88. The summed E-state index contributed by atoms with van der Waals surface area (Å²) in [6.07, 6.45) is -0.554. The van der Waals surface area contributed by atoms with Crippen LogP contribution < -0.4 is 5.48 Å². The number of aliphatic hydroxyl groups is 1. The third-order valence-corrected chi connectivity index (χ3v) is 2.64. The molecule has 2 rings (SSSR count). The molecule has 1 atom stereocenters. The van der Waals surface area contributed by atoms with E-state index in [1.165, 1.54) is 0 Å². The van der Waals surface area contributed by atoms with E-state index < -0.39 is 6.10 Å². The van der Waals surface area contributed by atoms with E-state index >= 15 is 0 Å². The second-order valence-corrected chi connectivity index (χ2v) is 4.05. The molecule has 2 aromatic rings. The van der Waals surface area contributed by atoms with Gasteiger partial charge in [-0.15, -0.1) is 0 Å². The Morgan fingerprint density at radius 2 is 1.56 bits per heavy atom. The Labute approximate surface area is 107 Å². The van der Waals surface area contributed by atoms with Crippen LogP contribution in [0.15, 0.2) is 60.7 Å². The second-order valence-electron chi connectivity index (χ2n) is 4.05. The summed E-state index contributed by atoms with van der Waals surface area (Å²) in [5.74, 6) is 0. The largest absolute Gasteiger partial charge is 0.387 e. The lowest BCUT2D eigenvalue weighted by Crippen LogP contribution is -2.21. The molecule has 0 aromatic heterocycles. The fourth-order valence-corrected chi connectivity index (χ4v) is 1.64. The molecule has 0 spiro atoms. The smallest absolute Gasteiger partial charge is 0.0937 e. The minimum absolute atomic E-state index is 0.372. The monoisotopic (exact) mass is 243 g/mol. The van der Waals surface area contributed by atoms with E-state index in [-0.39, 0.29) is 0 Å². The van der Waals surface area contributed by atoms with Crippen LogP contribution in [0.5, 0.6) is 0 Å². The van der Waals surface area contributed by atoms with E-state index in [4.69, 9.17) is 4.84 Å². The van der Waals surface area contributed by atoms with Crippen molar-refractivity contribution in [2.75, 3.05) is 6.54 Å². The lowest BCUT2D eigenvalue weighted by Gasteiger charge is -2.12. The molecule has 0 saturated heterocycles. The van der Waals surface area contributed by atoms with Crippen LogP contribution in [0.3, 0.4) is 0 Å². The molecule has 18 heavy (non-hydrogen) atoms. The molecule has 3 heteroatoms. The van der Waals surface area contributed by atoms with Gasteiger partial charge in [0.1, 0.15) is 0 Å². The van der Waals surface area contributed by atoms with E-state index in [2.05, 4.69) is 5.48 Å². The number of hydroxylamine groups is 1. The molecule has 0 saturated carbocycles. The molecule has 2 aromatic carbocycles. The van der Waals surface area contributed by atoms with E-state index in [0.717, 1.165) is 11.1 Å². The summed E-state index contributed by atoms with van der Waals surface area (Å²) in [6, 6.07) is 19.4. The van der Waals surface area contributed by atoms with Gasteiger partial charge >= 0.3 is 0 Å². The minimum Gasteiger partial charge on any atom is -0.387 e. The Morgan fingerprint density at radius 3 is 2.22 bits per heavy atom. The first-order valence-electron chi connectivity index (χ1n) is 5.98. The summed E-state index contributed by atoms with van der Waals surface area (Å²) >= 11 is 0. The Bertz CT molecular complexity index is 445. The van der Waals surface area contributed by atoms with E-state index in [1.54, 1.807) is 0 Å². The molecule has 0 heterocycles. The normalized spacial score (nSPS) is 12.3. The third-order valence-electron chi connectivity index (χ3n) is 2.64. The lowest BCUT2D eigenvalue weighted by molar-refractivity contribution is 0.00270. The van der Waals surface area contributed by atoms with Crippen LogP contribution in [0.25, 0.3) is 0 Å². The lowest BCUT2D eigenvalue weighted by atomic mass is 10.1. The third kappa shape index (κ3) is 3.96. The maximum Gasteiger partial charge on any atom is 0.0937 e. The molecule has 0 aliphatic rings. The topological polar surface area (TPSA) is 41.5 Å². The summed E-state index contributed by atoms with van der Waals surface area (Å²) in [4.78, 5) is 5.30. The van der Waals surface area contributed by atoms with Crippen LogP contribution in [0.2, 0.25) is 0 Å². The highest BCUT2D eigenvalue weighted by molar-refractivity contribution is 5.17. The quantitative estimate of drug-likeness (QED) is 0.605. The van der Waals surface area contributed by atoms with E-state index in [1.807, 2.05) is 60.7 Å². The van der Waals surface area contributed by atoms with Crippen molar-refractivity contribution in [3.05, 3.63) is 71.8 Å². The van der Waals surface area contributed by atoms with E-state index in [0.29, 0.717) is 13.2 Å². The summed E-state index contributed by atoms with van der Waals surface area (Å²) in [6.45, 7) is 0.860. The fourth-order valence-electron chi connectivity index (χ4n) is 1.64. The number of hydrogen-bond donors (Lipinski definition) is 2. The van der Waals surface area contributed by atoms with Crippen LogP contribution in [-0.4, -0.2) is 11.7 Å². The summed E-state index contributed by atoms with van der Waals surface area (Å²) in [7, 11) is 0. The predicted octanol–water partition coefficient (Wildman–Crippen LogP) is 2.44. The fraction of sp³-hybridized carbons (Fsp3) is 0.200. The maximum atomic E-state index is 9.88. The first kappa shape index (κ1) is 12.8. The zero-order valence-corrected chi connectivity index (χ0v) is 10.1. The number of nitrogens with one attached hydrogen (secondary N) is 1. The van der Waals surface area contributed by atoms with Gasteiger partial charge in [-0.05, 0) is 11.1 Å². The van der Waals surface area contributed by atoms with Crippen LogP contribution in [0.1, 0.15) is 17.2 Å². The summed E-state index contributed by atoms with van der Waals surface area (Å²) in [5.41, 5.74) is 4.76. The highest BCUT2D eigenvalue weighted by Crippen LogP contribution is 2.10. The van der Waals surface area contributed by atoms with Gasteiger partial charge in [0.25, 0.3) is 0 Å². The van der Waals surface area contributed by atoms with Gasteiger partial charge in [-0.25, -0.2) is 0 Å². The van der Waals surface area contributed by atoms with Crippen molar-refractivity contribution >= 4 is 0 Å². The van der Waals surface area contributed by atoms with Gasteiger partial charge in [0.05, 0.1) is 19.3 Å². The summed E-state index contributed by atoms with van der Waals surface area (Å²) < 4.78 is 0. The molecule has 0 fully saturated rings. The van der Waals surface area contributed by atoms with Crippen molar-refractivity contribution in [1.82, 2.24) is 5.48 Å². The molecule has 2 N–H and O–H groups in total. The van der Waals surface area contributed by atoms with Crippen molar-refractivity contribution < 1.29 is 9.94 Å². The zero-order valence-electron chi connectivity index (χ0n) is 10.1. The molecule has 0 bridgehead atoms. The molecule has 0 radical (unpaired) electrons. The Kier molecular flexibility index (Phi) is 4.90. The number of hydrogen-bond acceptors (Lipinski definition) is 3. The van der Waals surface area contributed by atoms with Gasteiger partial charge in [-0.3, -0.25) is 4.84 Å². The number of aliphatic hydroxyl groups excluding tert-OH is 1. The Balaban J connectivity index is 1.70. The number of rotatable bonds is 6. The van der Waals surface area contributed by atoms with Crippen molar-refractivity contribution in [2.45, 2.75) is 12.7 Å². The van der Waals surface area contributed by atoms with Gasteiger partial charge < -0.3 is 5.11 Å². The Morgan fingerprint density at radius 1 is 0.944 bits per heavy atom. The molecular formula is C15H17NO2. The highest BCUT2D eigenvalue weighted by atomic mass is 16.6. The van der Waals surface area contributed by atoms with Crippen LogP contribution >= 0.6 is 0 Å². The van der Waals surface area contributed by atoms with Gasteiger partial charge in [-0.1, -0.05) is 60.7 Å². The van der Waals surface area contributed by atoms with Gasteiger partial charge in [0, 0.05) is 0 Å². The number of benzene rings is 2. The Hall–Kier alpha value is -1.68. The molecule has 0 amide bonds.